The minimum atomic E-state index is -0.0614. The molecule has 4 heteroatoms. The molecule has 0 bridgehead atoms. The standard InChI is InChI=1S/C18H21NO3/c1-13-4-3-5-15(10-13)21-12-16-8-9-17(22-16)18(20)19(2)11-14-6-7-14/h3-5,8-10,14H,6-7,11-12H2,1-2H3. The van der Waals surface area contributed by atoms with Crippen molar-refractivity contribution in [1.29, 1.82) is 0 Å². The Morgan fingerprint density at radius 2 is 2.14 bits per heavy atom. The normalized spacial score (nSPS) is 13.9. The van der Waals surface area contributed by atoms with E-state index in [0.29, 0.717) is 24.0 Å². The van der Waals surface area contributed by atoms with Crippen LogP contribution in [0.5, 0.6) is 5.75 Å². The van der Waals surface area contributed by atoms with E-state index >= 15 is 0 Å². The Balaban J connectivity index is 1.57. The molecule has 0 N–H and O–H groups in total. The molecule has 2 aromatic rings. The minimum absolute atomic E-state index is 0.0614. The highest BCUT2D eigenvalue weighted by Gasteiger charge is 2.26. The Morgan fingerprint density at radius 1 is 1.32 bits per heavy atom. The molecule has 0 unspecified atom stereocenters. The molecular weight excluding hydrogens is 278 g/mol. The fourth-order valence-corrected chi connectivity index (χ4v) is 2.39. The van der Waals surface area contributed by atoms with Crippen LogP contribution < -0.4 is 4.74 Å². The number of furan rings is 1. The second-order valence-corrected chi connectivity index (χ2v) is 6.00. The molecule has 1 aromatic heterocycles. The summed E-state index contributed by atoms with van der Waals surface area (Å²) in [6.07, 6.45) is 2.46. The third-order valence-electron chi connectivity index (χ3n) is 3.82. The number of benzene rings is 1. The summed E-state index contributed by atoms with van der Waals surface area (Å²) in [6.45, 7) is 3.16. The van der Waals surface area contributed by atoms with Gasteiger partial charge in [0.05, 0.1) is 0 Å². The molecule has 4 nitrogen and oxygen atoms in total. The van der Waals surface area contributed by atoms with Crippen LogP contribution in [0.3, 0.4) is 0 Å². The van der Waals surface area contributed by atoms with E-state index in [0.717, 1.165) is 17.9 Å². The summed E-state index contributed by atoms with van der Waals surface area (Å²) in [5.41, 5.74) is 1.15. The van der Waals surface area contributed by atoms with E-state index in [1.807, 2.05) is 38.2 Å². The fraction of sp³-hybridized carbons (Fsp3) is 0.389. The Morgan fingerprint density at radius 3 is 2.86 bits per heavy atom. The molecule has 1 amide bonds. The van der Waals surface area contributed by atoms with E-state index in [4.69, 9.17) is 9.15 Å². The van der Waals surface area contributed by atoms with Gasteiger partial charge in [0.1, 0.15) is 18.1 Å². The van der Waals surface area contributed by atoms with Gasteiger partial charge in [0.15, 0.2) is 5.76 Å². The van der Waals surface area contributed by atoms with Gasteiger partial charge in [-0.3, -0.25) is 4.79 Å². The van der Waals surface area contributed by atoms with Gasteiger partial charge in [-0.25, -0.2) is 0 Å². The van der Waals surface area contributed by atoms with Crippen molar-refractivity contribution < 1.29 is 13.9 Å². The lowest BCUT2D eigenvalue weighted by molar-refractivity contribution is 0.0753. The molecule has 0 saturated heterocycles. The third kappa shape index (κ3) is 3.70. The van der Waals surface area contributed by atoms with Crippen molar-refractivity contribution in [2.24, 2.45) is 5.92 Å². The molecule has 1 heterocycles. The third-order valence-corrected chi connectivity index (χ3v) is 3.82. The number of ether oxygens (including phenoxy) is 1. The van der Waals surface area contributed by atoms with Crippen molar-refractivity contribution in [2.75, 3.05) is 13.6 Å². The SMILES string of the molecule is Cc1cccc(OCc2ccc(C(=O)N(C)CC3CC3)o2)c1. The van der Waals surface area contributed by atoms with Crippen LogP contribution >= 0.6 is 0 Å². The summed E-state index contributed by atoms with van der Waals surface area (Å²) < 4.78 is 11.3. The van der Waals surface area contributed by atoms with Crippen molar-refractivity contribution in [1.82, 2.24) is 4.90 Å². The van der Waals surface area contributed by atoms with Crippen molar-refractivity contribution in [3.8, 4) is 5.75 Å². The molecule has 0 atom stereocenters. The molecule has 0 radical (unpaired) electrons. The highest BCUT2D eigenvalue weighted by Crippen LogP contribution is 2.29. The lowest BCUT2D eigenvalue weighted by atomic mass is 10.2. The first kappa shape index (κ1) is 14.7. The lowest BCUT2D eigenvalue weighted by Crippen LogP contribution is -2.28. The summed E-state index contributed by atoms with van der Waals surface area (Å²) in [5.74, 6) is 2.45. The molecular formula is C18H21NO3. The zero-order chi connectivity index (χ0) is 15.5. The van der Waals surface area contributed by atoms with Crippen LogP contribution in [0.4, 0.5) is 0 Å². The first-order chi connectivity index (χ1) is 10.6. The average molecular weight is 299 g/mol. The molecule has 22 heavy (non-hydrogen) atoms. The molecule has 1 aromatic carbocycles. The van der Waals surface area contributed by atoms with E-state index in [1.54, 1.807) is 17.0 Å². The fourth-order valence-electron chi connectivity index (χ4n) is 2.39. The number of amides is 1. The highest BCUT2D eigenvalue weighted by atomic mass is 16.5. The number of hydrogen-bond donors (Lipinski definition) is 0. The second-order valence-electron chi connectivity index (χ2n) is 6.00. The van der Waals surface area contributed by atoms with Gasteiger partial charge in [0.2, 0.25) is 0 Å². The first-order valence-corrected chi connectivity index (χ1v) is 7.65. The quantitative estimate of drug-likeness (QED) is 0.817. The maximum Gasteiger partial charge on any atom is 0.289 e. The minimum Gasteiger partial charge on any atom is -0.486 e. The molecule has 1 fully saturated rings. The summed E-state index contributed by atoms with van der Waals surface area (Å²) in [7, 11) is 1.83. The number of nitrogens with zero attached hydrogens (tertiary/aromatic N) is 1. The smallest absolute Gasteiger partial charge is 0.289 e. The van der Waals surface area contributed by atoms with Crippen LogP contribution in [0.15, 0.2) is 40.8 Å². The Hall–Kier alpha value is -2.23. The summed E-state index contributed by atoms with van der Waals surface area (Å²) in [4.78, 5) is 14.0. The van der Waals surface area contributed by atoms with E-state index in [-0.39, 0.29) is 5.91 Å². The van der Waals surface area contributed by atoms with Gasteiger partial charge in [0.25, 0.3) is 5.91 Å². The van der Waals surface area contributed by atoms with Crippen LogP contribution in [0.2, 0.25) is 0 Å². The summed E-state index contributed by atoms with van der Waals surface area (Å²) in [6, 6.07) is 11.4. The molecule has 1 saturated carbocycles. The van der Waals surface area contributed by atoms with Gasteiger partial charge in [-0.05, 0) is 55.5 Å². The van der Waals surface area contributed by atoms with Crippen molar-refractivity contribution in [3.63, 3.8) is 0 Å². The average Bonchev–Trinajstić information content (AvgIpc) is 3.19. The molecule has 1 aliphatic carbocycles. The molecule has 0 aliphatic heterocycles. The van der Waals surface area contributed by atoms with Crippen molar-refractivity contribution >= 4 is 5.91 Å². The van der Waals surface area contributed by atoms with Gasteiger partial charge in [-0.15, -0.1) is 0 Å². The zero-order valence-corrected chi connectivity index (χ0v) is 13.0. The van der Waals surface area contributed by atoms with Gasteiger partial charge >= 0.3 is 0 Å². The topological polar surface area (TPSA) is 42.7 Å². The van der Waals surface area contributed by atoms with Gasteiger partial charge in [-0.1, -0.05) is 12.1 Å². The molecule has 116 valence electrons. The Labute approximate surface area is 130 Å². The predicted molar refractivity (Wildman–Crippen MR) is 83.9 cm³/mol. The second kappa shape index (κ2) is 6.26. The van der Waals surface area contributed by atoms with Gasteiger partial charge in [0, 0.05) is 13.6 Å². The largest absolute Gasteiger partial charge is 0.486 e. The van der Waals surface area contributed by atoms with E-state index in [1.165, 1.54) is 12.8 Å². The van der Waals surface area contributed by atoms with Crippen LogP contribution in [-0.4, -0.2) is 24.4 Å². The number of rotatable bonds is 6. The Bertz CT molecular complexity index is 658. The van der Waals surface area contributed by atoms with Crippen LogP contribution in [0.25, 0.3) is 0 Å². The summed E-state index contributed by atoms with van der Waals surface area (Å²) in [5, 5.41) is 0. The maximum atomic E-state index is 12.2. The van der Waals surface area contributed by atoms with Crippen LogP contribution in [-0.2, 0) is 6.61 Å². The van der Waals surface area contributed by atoms with Crippen molar-refractivity contribution in [2.45, 2.75) is 26.4 Å². The van der Waals surface area contributed by atoms with Crippen LogP contribution in [0, 0.1) is 12.8 Å². The van der Waals surface area contributed by atoms with Gasteiger partial charge in [-0.2, -0.15) is 0 Å². The zero-order valence-electron chi connectivity index (χ0n) is 13.0. The molecule has 1 aliphatic rings. The predicted octanol–water partition coefficient (Wildman–Crippen LogP) is 3.65. The molecule has 3 rings (SSSR count). The lowest BCUT2D eigenvalue weighted by Gasteiger charge is -2.14. The van der Waals surface area contributed by atoms with E-state index in [2.05, 4.69) is 0 Å². The van der Waals surface area contributed by atoms with Crippen LogP contribution in [0.1, 0.15) is 34.7 Å². The number of hydrogen-bond acceptors (Lipinski definition) is 3. The van der Waals surface area contributed by atoms with Crippen molar-refractivity contribution in [3.05, 3.63) is 53.5 Å². The maximum absolute atomic E-state index is 12.2. The van der Waals surface area contributed by atoms with E-state index < -0.39 is 0 Å². The Kier molecular flexibility index (Phi) is 4.18. The number of carbonyl (C=O) groups is 1. The first-order valence-electron chi connectivity index (χ1n) is 7.65. The summed E-state index contributed by atoms with van der Waals surface area (Å²) >= 11 is 0. The number of carbonyl (C=O) groups excluding carboxylic acids is 1. The van der Waals surface area contributed by atoms with E-state index in [9.17, 15) is 4.79 Å². The number of aryl methyl sites for hydroxylation is 1. The van der Waals surface area contributed by atoms with Gasteiger partial charge < -0.3 is 14.1 Å². The monoisotopic (exact) mass is 299 g/mol. The molecule has 0 spiro atoms. The highest BCUT2D eigenvalue weighted by molar-refractivity contribution is 5.91.